The molecule has 2 aromatic carbocycles. The monoisotopic (exact) mass is 447 g/mol. The van der Waals surface area contributed by atoms with Gasteiger partial charge in [0.15, 0.2) is 0 Å². The highest BCUT2D eigenvalue weighted by atomic mass is 35.5. The fourth-order valence-electron chi connectivity index (χ4n) is 3.12. The van der Waals surface area contributed by atoms with Gasteiger partial charge in [-0.2, -0.15) is 0 Å². The molecule has 0 unspecified atom stereocenters. The molecule has 0 fully saturated rings. The Morgan fingerprint density at radius 2 is 1.90 bits per heavy atom. The van der Waals surface area contributed by atoms with Crippen LogP contribution in [0.2, 0.25) is 10.0 Å². The first-order valence-corrected chi connectivity index (χ1v) is 10.5. The zero-order valence-corrected chi connectivity index (χ0v) is 18.3. The van der Waals surface area contributed by atoms with Crippen LogP contribution in [-0.4, -0.2) is 41.4 Å². The van der Waals surface area contributed by atoms with E-state index in [-0.39, 0.29) is 18.4 Å². The standard InChI is InChI=1S/C22H23Cl2N3O3/c1-3-9-27(13-21(28)26-18-8-6-15(23)11-17(18)24)22(29)20-10-14-5-7-16(30-4-2)12-19(14)25-20/h5-8,10-12,25H,3-4,9,13H2,1-2H3,(H,26,28). The molecule has 30 heavy (non-hydrogen) atoms. The number of nitrogens with zero attached hydrogens (tertiary/aromatic N) is 1. The zero-order valence-electron chi connectivity index (χ0n) is 16.8. The predicted octanol–water partition coefficient (Wildman–Crippen LogP) is 5.36. The number of amides is 2. The number of halogens is 2. The SMILES string of the molecule is CCCN(CC(=O)Nc1ccc(Cl)cc1Cl)C(=O)c1cc2ccc(OCC)cc2[nH]1. The molecule has 2 N–H and O–H groups in total. The van der Waals surface area contributed by atoms with Crippen LogP contribution < -0.4 is 10.1 Å². The van der Waals surface area contributed by atoms with Crippen LogP contribution in [0.1, 0.15) is 30.8 Å². The van der Waals surface area contributed by atoms with Crippen LogP contribution >= 0.6 is 23.2 Å². The van der Waals surface area contributed by atoms with Crippen LogP contribution in [0.25, 0.3) is 10.9 Å². The molecule has 1 aromatic heterocycles. The fourth-order valence-corrected chi connectivity index (χ4v) is 3.58. The Bertz CT molecular complexity index is 1060. The second-order valence-electron chi connectivity index (χ2n) is 6.76. The van der Waals surface area contributed by atoms with Crippen molar-refractivity contribution in [2.75, 3.05) is 25.0 Å². The van der Waals surface area contributed by atoms with Crippen molar-refractivity contribution in [2.45, 2.75) is 20.3 Å². The minimum atomic E-state index is -0.337. The lowest BCUT2D eigenvalue weighted by atomic mass is 10.2. The number of hydrogen-bond donors (Lipinski definition) is 2. The number of carbonyl (C=O) groups is 2. The minimum absolute atomic E-state index is 0.0921. The third-order valence-electron chi connectivity index (χ3n) is 4.46. The van der Waals surface area contributed by atoms with Crippen molar-refractivity contribution in [1.29, 1.82) is 0 Å². The van der Waals surface area contributed by atoms with Crippen molar-refractivity contribution in [3.05, 3.63) is 58.2 Å². The van der Waals surface area contributed by atoms with Gasteiger partial charge in [-0.1, -0.05) is 30.1 Å². The second kappa shape index (κ2) is 9.87. The normalized spacial score (nSPS) is 10.8. The van der Waals surface area contributed by atoms with Crippen LogP contribution in [-0.2, 0) is 4.79 Å². The lowest BCUT2D eigenvalue weighted by Crippen LogP contribution is -2.38. The maximum atomic E-state index is 13.1. The number of benzene rings is 2. The largest absolute Gasteiger partial charge is 0.494 e. The summed E-state index contributed by atoms with van der Waals surface area (Å²) in [5, 5.41) is 4.45. The summed E-state index contributed by atoms with van der Waals surface area (Å²) >= 11 is 12.0. The van der Waals surface area contributed by atoms with Crippen LogP contribution in [0.4, 0.5) is 5.69 Å². The molecule has 3 rings (SSSR count). The number of rotatable bonds is 8. The van der Waals surface area contributed by atoms with Gasteiger partial charge in [-0.3, -0.25) is 9.59 Å². The number of fused-ring (bicyclic) bond motifs is 1. The Balaban J connectivity index is 1.75. The summed E-state index contributed by atoms with van der Waals surface area (Å²) in [6.45, 7) is 4.78. The van der Waals surface area contributed by atoms with Gasteiger partial charge in [0.1, 0.15) is 18.0 Å². The molecule has 0 atom stereocenters. The molecule has 158 valence electrons. The topological polar surface area (TPSA) is 74.4 Å². The van der Waals surface area contributed by atoms with Crippen molar-refractivity contribution < 1.29 is 14.3 Å². The average molecular weight is 448 g/mol. The summed E-state index contributed by atoms with van der Waals surface area (Å²) < 4.78 is 5.51. The molecule has 3 aromatic rings. The molecule has 0 saturated heterocycles. The minimum Gasteiger partial charge on any atom is -0.494 e. The molecule has 6 nitrogen and oxygen atoms in total. The fraction of sp³-hybridized carbons (Fsp3) is 0.273. The Morgan fingerprint density at radius 1 is 1.10 bits per heavy atom. The van der Waals surface area contributed by atoms with Gasteiger partial charge in [-0.05, 0) is 49.7 Å². The molecule has 8 heteroatoms. The number of nitrogens with one attached hydrogen (secondary N) is 2. The lowest BCUT2D eigenvalue weighted by Gasteiger charge is -2.21. The molecule has 1 heterocycles. The highest BCUT2D eigenvalue weighted by Gasteiger charge is 2.20. The number of aromatic amines is 1. The van der Waals surface area contributed by atoms with Gasteiger partial charge in [0.25, 0.3) is 5.91 Å². The van der Waals surface area contributed by atoms with Crippen molar-refractivity contribution in [3.63, 3.8) is 0 Å². The summed E-state index contributed by atoms with van der Waals surface area (Å²) in [6, 6.07) is 12.2. The van der Waals surface area contributed by atoms with Gasteiger partial charge in [0.2, 0.25) is 5.91 Å². The van der Waals surface area contributed by atoms with Crippen molar-refractivity contribution in [3.8, 4) is 5.75 Å². The van der Waals surface area contributed by atoms with E-state index in [2.05, 4.69) is 10.3 Å². The zero-order chi connectivity index (χ0) is 21.7. The van der Waals surface area contributed by atoms with E-state index in [9.17, 15) is 9.59 Å². The van der Waals surface area contributed by atoms with Crippen molar-refractivity contribution in [1.82, 2.24) is 9.88 Å². The molecule has 0 saturated carbocycles. The molecule has 0 bridgehead atoms. The highest BCUT2D eigenvalue weighted by Crippen LogP contribution is 2.25. The summed E-state index contributed by atoms with van der Waals surface area (Å²) in [5.41, 5.74) is 1.67. The average Bonchev–Trinajstić information content (AvgIpc) is 3.13. The Labute approximate surface area is 185 Å². The first kappa shape index (κ1) is 22.0. The quantitative estimate of drug-likeness (QED) is 0.487. The van der Waals surface area contributed by atoms with Crippen molar-refractivity contribution >= 4 is 51.6 Å². The molecular weight excluding hydrogens is 425 g/mol. The van der Waals surface area contributed by atoms with Gasteiger partial charge in [0.05, 0.1) is 17.3 Å². The van der Waals surface area contributed by atoms with E-state index in [1.54, 1.807) is 24.3 Å². The van der Waals surface area contributed by atoms with Crippen LogP contribution in [0, 0.1) is 0 Å². The van der Waals surface area contributed by atoms with E-state index < -0.39 is 0 Å². The van der Waals surface area contributed by atoms with Gasteiger partial charge in [-0.15, -0.1) is 0 Å². The summed E-state index contributed by atoms with van der Waals surface area (Å²) in [5.74, 6) is 0.148. The first-order valence-electron chi connectivity index (χ1n) is 9.71. The van der Waals surface area contributed by atoms with E-state index in [0.29, 0.717) is 34.6 Å². The molecule has 0 aliphatic heterocycles. The van der Waals surface area contributed by atoms with Crippen molar-refractivity contribution in [2.24, 2.45) is 0 Å². The Morgan fingerprint density at radius 3 is 2.60 bits per heavy atom. The number of H-pyrrole nitrogens is 1. The molecule has 0 aliphatic carbocycles. The third kappa shape index (κ3) is 5.26. The van der Waals surface area contributed by atoms with Crippen LogP contribution in [0.3, 0.4) is 0 Å². The van der Waals surface area contributed by atoms with E-state index >= 15 is 0 Å². The predicted molar refractivity (Wildman–Crippen MR) is 121 cm³/mol. The van der Waals surface area contributed by atoms with Crippen LogP contribution in [0.15, 0.2) is 42.5 Å². The van der Waals surface area contributed by atoms with E-state index in [4.69, 9.17) is 27.9 Å². The van der Waals surface area contributed by atoms with Gasteiger partial charge >= 0.3 is 0 Å². The maximum absolute atomic E-state index is 13.1. The van der Waals surface area contributed by atoms with E-state index in [1.165, 1.54) is 4.90 Å². The Hall–Kier alpha value is -2.70. The number of hydrogen-bond acceptors (Lipinski definition) is 3. The summed E-state index contributed by atoms with van der Waals surface area (Å²) in [6.07, 6.45) is 0.718. The molecular formula is C22H23Cl2N3O3. The second-order valence-corrected chi connectivity index (χ2v) is 7.61. The summed E-state index contributed by atoms with van der Waals surface area (Å²) in [4.78, 5) is 30.2. The smallest absolute Gasteiger partial charge is 0.270 e. The molecule has 0 aliphatic rings. The number of carbonyl (C=O) groups excluding carboxylic acids is 2. The summed E-state index contributed by atoms with van der Waals surface area (Å²) in [7, 11) is 0. The highest BCUT2D eigenvalue weighted by molar-refractivity contribution is 6.36. The third-order valence-corrected chi connectivity index (χ3v) is 5.00. The van der Waals surface area contributed by atoms with Crippen LogP contribution in [0.5, 0.6) is 5.75 Å². The lowest BCUT2D eigenvalue weighted by molar-refractivity contribution is -0.116. The molecule has 0 radical (unpaired) electrons. The van der Waals surface area contributed by atoms with E-state index in [1.807, 2.05) is 32.0 Å². The van der Waals surface area contributed by atoms with Gasteiger partial charge in [-0.25, -0.2) is 0 Å². The van der Waals surface area contributed by atoms with Gasteiger partial charge in [0, 0.05) is 28.5 Å². The number of aromatic nitrogens is 1. The number of ether oxygens (including phenoxy) is 1. The number of anilines is 1. The first-order chi connectivity index (χ1) is 14.4. The molecule has 0 spiro atoms. The van der Waals surface area contributed by atoms with E-state index in [0.717, 1.165) is 23.1 Å². The maximum Gasteiger partial charge on any atom is 0.270 e. The molecule has 2 amide bonds. The Kier molecular flexibility index (Phi) is 7.24. The van der Waals surface area contributed by atoms with Gasteiger partial charge < -0.3 is 19.9 Å².